The second kappa shape index (κ2) is 5.62. The zero-order valence-corrected chi connectivity index (χ0v) is 13.5. The summed E-state index contributed by atoms with van der Waals surface area (Å²) in [6, 6.07) is 3.51. The Bertz CT molecular complexity index is 765. The van der Waals surface area contributed by atoms with Gasteiger partial charge >= 0.3 is 0 Å². The Morgan fingerprint density at radius 3 is 2.77 bits per heavy atom. The van der Waals surface area contributed by atoms with Crippen molar-refractivity contribution in [3.05, 3.63) is 39.5 Å². The zero-order valence-electron chi connectivity index (χ0n) is 11.9. The largest absolute Gasteiger partial charge is 0.372 e. The minimum absolute atomic E-state index is 0.0244. The van der Waals surface area contributed by atoms with E-state index >= 15 is 0 Å². The van der Waals surface area contributed by atoms with E-state index in [1.54, 1.807) is 25.1 Å². The third kappa shape index (κ3) is 2.55. The number of carbonyl (C=O) groups excluding carboxylic acids is 1. The molecule has 114 valence electrons. The Balaban J connectivity index is 1.94. The maximum atomic E-state index is 11.9. The Morgan fingerprint density at radius 1 is 1.27 bits per heavy atom. The van der Waals surface area contributed by atoms with Gasteiger partial charge in [-0.2, -0.15) is 4.98 Å². The third-order valence-electron chi connectivity index (χ3n) is 3.40. The van der Waals surface area contributed by atoms with Gasteiger partial charge in [0.1, 0.15) is 10.8 Å². The van der Waals surface area contributed by atoms with Gasteiger partial charge in [0.15, 0.2) is 0 Å². The Labute approximate surface area is 137 Å². The van der Waals surface area contributed by atoms with Crippen molar-refractivity contribution in [1.29, 1.82) is 0 Å². The smallest absolute Gasteiger partial charge is 0.254 e. The number of hydrogen-bond donors (Lipinski definition) is 2. The summed E-state index contributed by atoms with van der Waals surface area (Å²) >= 11 is 12.2. The fourth-order valence-corrected chi connectivity index (χ4v) is 2.70. The maximum Gasteiger partial charge on any atom is 0.254 e. The molecule has 1 aromatic carbocycles. The number of nitrogens with one attached hydrogen (secondary N) is 2. The first-order valence-corrected chi connectivity index (χ1v) is 7.30. The van der Waals surface area contributed by atoms with E-state index in [-0.39, 0.29) is 5.91 Å². The number of benzene rings is 1. The molecule has 0 unspecified atom stereocenters. The van der Waals surface area contributed by atoms with Crippen molar-refractivity contribution in [2.75, 3.05) is 24.7 Å². The molecule has 0 bridgehead atoms. The number of anilines is 3. The van der Waals surface area contributed by atoms with Crippen molar-refractivity contribution in [3.63, 3.8) is 0 Å². The highest BCUT2D eigenvalue weighted by Crippen LogP contribution is 2.32. The molecule has 1 aromatic heterocycles. The topological polar surface area (TPSA) is 70.2 Å². The molecule has 0 radical (unpaired) electrons. The number of nitrogens with zero attached hydrogens (tertiary/aromatic N) is 3. The predicted molar refractivity (Wildman–Crippen MR) is 87.1 cm³/mol. The van der Waals surface area contributed by atoms with Crippen molar-refractivity contribution in [3.8, 4) is 0 Å². The minimum atomic E-state index is -0.0244. The molecule has 6 nitrogen and oxygen atoms in total. The Morgan fingerprint density at radius 2 is 2.05 bits per heavy atom. The van der Waals surface area contributed by atoms with Crippen LogP contribution in [-0.4, -0.2) is 34.9 Å². The van der Waals surface area contributed by atoms with E-state index in [0.29, 0.717) is 39.6 Å². The molecule has 1 aliphatic rings. The lowest BCUT2D eigenvalue weighted by Gasteiger charge is -2.10. The number of aromatic nitrogens is 2. The molecule has 1 aliphatic heterocycles. The summed E-state index contributed by atoms with van der Waals surface area (Å²) in [5, 5.41) is 6.80. The molecule has 0 saturated carbocycles. The van der Waals surface area contributed by atoms with Crippen LogP contribution in [0.3, 0.4) is 0 Å². The average Bonchev–Trinajstić information content (AvgIpc) is 2.76. The lowest BCUT2D eigenvalue weighted by Crippen LogP contribution is -2.17. The van der Waals surface area contributed by atoms with Crippen LogP contribution >= 0.6 is 23.2 Å². The van der Waals surface area contributed by atoms with Gasteiger partial charge in [0.2, 0.25) is 5.95 Å². The maximum absolute atomic E-state index is 11.9. The predicted octanol–water partition coefficient (Wildman–Crippen LogP) is 3.15. The summed E-state index contributed by atoms with van der Waals surface area (Å²) in [6.45, 7) is 0.559. The SMILES string of the molecule is CNc1nc(Nc2cc3c(cc2Cl)C(=O)N(C)C3)ncc1Cl. The number of fused-ring (bicyclic) bond motifs is 1. The lowest BCUT2D eigenvalue weighted by molar-refractivity contribution is 0.0816. The molecule has 1 amide bonds. The van der Waals surface area contributed by atoms with E-state index in [4.69, 9.17) is 23.2 Å². The first-order chi connectivity index (χ1) is 10.5. The van der Waals surface area contributed by atoms with Crippen molar-refractivity contribution in [2.45, 2.75) is 6.54 Å². The second-order valence-electron chi connectivity index (χ2n) is 4.92. The van der Waals surface area contributed by atoms with Crippen LogP contribution in [0.15, 0.2) is 18.3 Å². The molecule has 2 N–H and O–H groups in total. The second-order valence-corrected chi connectivity index (χ2v) is 5.73. The molecule has 0 atom stereocenters. The van der Waals surface area contributed by atoms with E-state index in [1.807, 2.05) is 6.07 Å². The first-order valence-electron chi connectivity index (χ1n) is 6.55. The van der Waals surface area contributed by atoms with Crippen molar-refractivity contribution in [2.24, 2.45) is 0 Å². The van der Waals surface area contributed by atoms with Gasteiger partial charge in [-0.1, -0.05) is 23.2 Å². The van der Waals surface area contributed by atoms with E-state index in [2.05, 4.69) is 20.6 Å². The van der Waals surface area contributed by atoms with Gasteiger partial charge in [0, 0.05) is 26.2 Å². The van der Waals surface area contributed by atoms with Gasteiger partial charge in [0.05, 0.1) is 16.9 Å². The van der Waals surface area contributed by atoms with Gasteiger partial charge in [0.25, 0.3) is 5.91 Å². The summed E-state index contributed by atoms with van der Waals surface area (Å²) in [5.41, 5.74) is 2.20. The van der Waals surface area contributed by atoms with Crippen LogP contribution in [0, 0.1) is 0 Å². The lowest BCUT2D eigenvalue weighted by atomic mass is 10.1. The Kier molecular flexibility index (Phi) is 3.80. The summed E-state index contributed by atoms with van der Waals surface area (Å²) < 4.78 is 0. The highest BCUT2D eigenvalue weighted by Gasteiger charge is 2.25. The van der Waals surface area contributed by atoms with E-state index in [1.165, 1.54) is 6.20 Å². The summed E-state index contributed by atoms with van der Waals surface area (Å²) in [5.74, 6) is 0.864. The standard InChI is InChI=1S/C14H13Cl2N5O/c1-17-12-10(16)5-18-14(20-12)19-11-3-7-6-21(2)13(22)8(7)4-9(11)15/h3-5H,6H2,1-2H3,(H2,17,18,19,20). The highest BCUT2D eigenvalue weighted by atomic mass is 35.5. The van der Waals surface area contributed by atoms with Crippen LogP contribution in [0.5, 0.6) is 0 Å². The van der Waals surface area contributed by atoms with Crippen LogP contribution in [-0.2, 0) is 6.54 Å². The summed E-state index contributed by atoms with van der Waals surface area (Å²) in [7, 11) is 3.48. The van der Waals surface area contributed by atoms with Gasteiger partial charge in [-0.05, 0) is 17.7 Å². The van der Waals surface area contributed by atoms with Crippen LogP contribution in [0.25, 0.3) is 0 Å². The quantitative estimate of drug-likeness (QED) is 0.900. The zero-order chi connectivity index (χ0) is 15.9. The average molecular weight is 338 g/mol. The molecule has 22 heavy (non-hydrogen) atoms. The van der Waals surface area contributed by atoms with Crippen LogP contribution in [0.4, 0.5) is 17.5 Å². The van der Waals surface area contributed by atoms with E-state index in [9.17, 15) is 4.79 Å². The number of halogens is 2. The molecular formula is C14H13Cl2N5O. The van der Waals surface area contributed by atoms with Crippen LogP contribution < -0.4 is 10.6 Å². The molecular weight excluding hydrogens is 325 g/mol. The fraction of sp³-hybridized carbons (Fsp3) is 0.214. The minimum Gasteiger partial charge on any atom is -0.372 e. The van der Waals surface area contributed by atoms with Gasteiger partial charge in [-0.25, -0.2) is 4.98 Å². The summed E-state index contributed by atoms with van der Waals surface area (Å²) in [4.78, 5) is 21.9. The molecule has 2 heterocycles. The number of rotatable bonds is 3. The van der Waals surface area contributed by atoms with Gasteiger partial charge < -0.3 is 15.5 Å². The first kappa shape index (κ1) is 14.9. The molecule has 2 aromatic rings. The summed E-state index contributed by atoms with van der Waals surface area (Å²) in [6.07, 6.45) is 1.50. The van der Waals surface area contributed by atoms with Crippen molar-refractivity contribution >= 4 is 46.6 Å². The van der Waals surface area contributed by atoms with Crippen LogP contribution in [0.1, 0.15) is 15.9 Å². The normalized spacial score (nSPS) is 13.3. The fourth-order valence-electron chi connectivity index (χ4n) is 2.30. The highest BCUT2D eigenvalue weighted by molar-refractivity contribution is 6.34. The number of hydrogen-bond acceptors (Lipinski definition) is 5. The molecule has 0 spiro atoms. The molecule has 8 heteroatoms. The van der Waals surface area contributed by atoms with E-state index in [0.717, 1.165) is 5.56 Å². The number of carbonyl (C=O) groups is 1. The molecule has 3 rings (SSSR count). The van der Waals surface area contributed by atoms with Gasteiger partial charge in [-0.3, -0.25) is 4.79 Å². The molecule has 0 fully saturated rings. The van der Waals surface area contributed by atoms with Crippen LogP contribution in [0.2, 0.25) is 10.0 Å². The van der Waals surface area contributed by atoms with E-state index < -0.39 is 0 Å². The third-order valence-corrected chi connectivity index (χ3v) is 3.99. The molecule has 0 aliphatic carbocycles. The number of amides is 1. The monoisotopic (exact) mass is 337 g/mol. The van der Waals surface area contributed by atoms with Crippen molar-refractivity contribution in [1.82, 2.24) is 14.9 Å². The van der Waals surface area contributed by atoms with Gasteiger partial charge in [-0.15, -0.1) is 0 Å². The molecule has 0 saturated heterocycles. The van der Waals surface area contributed by atoms with Crippen molar-refractivity contribution < 1.29 is 4.79 Å². The Hall–Kier alpha value is -2.05.